The molecular formula is C88H172O17P2. The second kappa shape index (κ2) is 79.3. The number of hydrogen-bond donors (Lipinski definition) is 3. The topological polar surface area (TPSA) is 237 Å². The van der Waals surface area contributed by atoms with Gasteiger partial charge in [-0.05, 0) is 37.5 Å². The predicted octanol–water partition coefficient (Wildman–Crippen LogP) is 27.0. The predicted molar refractivity (Wildman–Crippen MR) is 442 cm³/mol. The van der Waals surface area contributed by atoms with Gasteiger partial charge in [0.2, 0.25) is 0 Å². The molecule has 0 amide bonds. The molecule has 0 aromatic heterocycles. The maximum Gasteiger partial charge on any atom is 0.472 e. The van der Waals surface area contributed by atoms with Gasteiger partial charge in [0.1, 0.15) is 19.3 Å². The molecule has 7 atom stereocenters. The number of ether oxygens (including phenoxy) is 4. The molecule has 636 valence electrons. The summed E-state index contributed by atoms with van der Waals surface area (Å²) >= 11 is 0. The van der Waals surface area contributed by atoms with E-state index in [9.17, 15) is 43.2 Å². The van der Waals surface area contributed by atoms with E-state index in [4.69, 9.17) is 37.0 Å². The molecule has 0 heterocycles. The zero-order valence-electron chi connectivity index (χ0n) is 70.5. The van der Waals surface area contributed by atoms with Gasteiger partial charge in [-0.25, -0.2) is 9.13 Å². The van der Waals surface area contributed by atoms with Gasteiger partial charge in [-0.3, -0.25) is 37.3 Å². The zero-order valence-corrected chi connectivity index (χ0v) is 72.2. The highest BCUT2D eigenvalue weighted by Gasteiger charge is 2.31. The molecule has 19 heteroatoms. The fourth-order valence-corrected chi connectivity index (χ4v) is 15.3. The number of aliphatic hydroxyl groups is 1. The number of carbonyl (C=O) groups is 4. The molecule has 4 unspecified atom stereocenters. The standard InChI is InChI=1S/C88H172O17P2/c1-7-11-13-15-17-19-21-23-25-27-28-29-30-31-33-39-43-47-55-61-67-73-87(92)104-83(76-98-85(90)70-64-58-52-45-41-37-35-34-36-40-44-50-56-62-68-80(5)9-3)78-102-106(94,95)100-74-82(89)75-101-107(96,97)103-79-84(77-99-86(91)71-65-59-53-49-48-51-57-63-69-81(6)10-4)105-88(93)72-66-60-54-46-42-38-32-26-24-22-20-18-16-14-12-8-2/h80-84,89H,7-79H2,1-6H3,(H,94,95)(H,96,97)/t80?,81?,82-,83-,84-/m1/s1. The van der Waals surface area contributed by atoms with Gasteiger partial charge in [0.25, 0.3) is 0 Å². The minimum absolute atomic E-state index is 0.108. The van der Waals surface area contributed by atoms with E-state index >= 15 is 0 Å². The van der Waals surface area contributed by atoms with Crippen molar-refractivity contribution in [3.8, 4) is 0 Å². The fourth-order valence-electron chi connectivity index (χ4n) is 13.7. The molecule has 0 fully saturated rings. The molecule has 0 spiro atoms. The third kappa shape index (κ3) is 79.1. The van der Waals surface area contributed by atoms with Crippen LogP contribution in [0.25, 0.3) is 0 Å². The van der Waals surface area contributed by atoms with E-state index < -0.39 is 97.5 Å². The van der Waals surface area contributed by atoms with Crippen molar-refractivity contribution in [1.82, 2.24) is 0 Å². The Labute approximate surface area is 658 Å². The lowest BCUT2D eigenvalue weighted by molar-refractivity contribution is -0.161. The maximum absolute atomic E-state index is 13.2. The SMILES string of the molecule is CCCCCCCCCCCCCCCCCCCCCCCC(=O)O[C@H](COC(=O)CCCCCCCCCCCCCCCCC(C)CC)COP(=O)(O)OC[C@@H](O)COP(=O)(O)OC[C@@H](COC(=O)CCCCCCCCCCC(C)CC)OC(=O)CCCCCCCCCCCCCCCCCC. The van der Waals surface area contributed by atoms with Crippen LogP contribution < -0.4 is 0 Å². The Bertz CT molecular complexity index is 2050. The van der Waals surface area contributed by atoms with Gasteiger partial charge in [0.15, 0.2) is 12.2 Å². The molecule has 0 radical (unpaired) electrons. The first-order chi connectivity index (χ1) is 51.9. The number of aliphatic hydroxyl groups excluding tert-OH is 1. The molecule has 0 aliphatic rings. The van der Waals surface area contributed by atoms with Crippen LogP contribution in [0.5, 0.6) is 0 Å². The van der Waals surface area contributed by atoms with Crippen LogP contribution in [-0.2, 0) is 65.4 Å². The van der Waals surface area contributed by atoms with E-state index in [2.05, 4.69) is 41.5 Å². The Morgan fingerprint density at radius 1 is 0.262 bits per heavy atom. The van der Waals surface area contributed by atoms with Gasteiger partial charge in [-0.1, -0.05) is 420 Å². The van der Waals surface area contributed by atoms with Gasteiger partial charge < -0.3 is 33.8 Å². The third-order valence-electron chi connectivity index (χ3n) is 21.4. The molecule has 0 aromatic rings. The molecule has 17 nitrogen and oxygen atoms in total. The van der Waals surface area contributed by atoms with Crippen LogP contribution >= 0.6 is 15.6 Å². The number of hydrogen-bond acceptors (Lipinski definition) is 15. The van der Waals surface area contributed by atoms with Crippen LogP contribution in [-0.4, -0.2) is 96.7 Å². The molecule has 0 aromatic carbocycles. The third-order valence-corrected chi connectivity index (χ3v) is 23.3. The van der Waals surface area contributed by atoms with Crippen molar-refractivity contribution < 1.29 is 80.2 Å². The minimum Gasteiger partial charge on any atom is -0.462 e. The lowest BCUT2D eigenvalue weighted by atomic mass is 9.99. The molecule has 3 N–H and O–H groups in total. The van der Waals surface area contributed by atoms with E-state index in [0.717, 1.165) is 102 Å². The summed E-state index contributed by atoms with van der Waals surface area (Å²) in [5.74, 6) is -0.471. The molecule has 0 rings (SSSR count). The second-order valence-corrected chi connectivity index (χ2v) is 35.0. The molecule has 0 aliphatic heterocycles. The Morgan fingerprint density at radius 3 is 0.664 bits per heavy atom. The zero-order chi connectivity index (χ0) is 78.5. The lowest BCUT2D eigenvalue weighted by Crippen LogP contribution is -2.30. The van der Waals surface area contributed by atoms with E-state index in [1.165, 1.54) is 289 Å². The highest BCUT2D eigenvalue weighted by atomic mass is 31.2. The van der Waals surface area contributed by atoms with Gasteiger partial charge >= 0.3 is 39.5 Å². The summed E-state index contributed by atoms with van der Waals surface area (Å²) in [6, 6.07) is 0. The fraction of sp³-hybridized carbons (Fsp3) is 0.955. The molecule has 107 heavy (non-hydrogen) atoms. The number of unbranched alkanes of at least 4 members (excludes halogenated alkanes) is 55. The van der Waals surface area contributed by atoms with Crippen molar-refractivity contribution in [2.24, 2.45) is 11.8 Å². The van der Waals surface area contributed by atoms with E-state index in [-0.39, 0.29) is 25.7 Å². The van der Waals surface area contributed by atoms with Gasteiger partial charge in [0, 0.05) is 25.7 Å². The highest BCUT2D eigenvalue weighted by Crippen LogP contribution is 2.45. The Morgan fingerprint density at radius 2 is 0.449 bits per heavy atom. The van der Waals surface area contributed by atoms with Crippen molar-refractivity contribution in [3.63, 3.8) is 0 Å². The van der Waals surface area contributed by atoms with Gasteiger partial charge in [0.05, 0.1) is 26.4 Å². The van der Waals surface area contributed by atoms with Gasteiger partial charge in [-0.15, -0.1) is 0 Å². The van der Waals surface area contributed by atoms with Crippen molar-refractivity contribution >= 4 is 39.5 Å². The Balaban J connectivity index is 5.26. The summed E-state index contributed by atoms with van der Waals surface area (Å²) in [5, 5.41) is 10.7. The van der Waals surface area contributed by atoms with Crippen LogP contribution in [0.3, 0.4) is 0 Å². The molecule has 0 aliphatic carbocycles. The summed E-state index contributed by atoms with van der Waals surface area (Å²) in [5.41, 5.74) is 0. The average Bonchev–Trinajstić information content (AvgIpc) is 0.902. The van der Waals surface area contributed by atoms with Crippen LogP contribution in [0.15, 0.2) is 0 Å². The molecule has 0 saturated carbocycles. The van der Waals surface area contributed by atoms with Crippen LogP contribution in [0.4, 0.5) is 0 Å². The largest absolute Gasteiger partial charge is 0.472 e. The second-order valence-electron chi connectivity index (χ2n) is 32.1. The Hall–Kier alpha value is -1.94. The molecule has 0 saturated heterocycles. The van der Waals surface area contributed by atoms with E-state index in [1.54, 1.807) is 0 Å². The highest BCUT2D eigenvalue weighted by molar-refractivity contribution is 7.47. The molecular weight excluding hydrogens is 1390 g/mol. The average molecular weight is 1560 g/mol. The van der Waals surface area contributed by atoms with Crippen LogP contribution in [0.1, 0.15) is 472 Å². The number of carbonyl (C=O) groups excluding carboxylic acids is 4. The first-order valence-electron chi connectivity index (χ1n) is 45.6. The first-order valence-corrected chi connectivity index (χ1v) is 48.6. The number of phosphoric ester groups is 2. The van der Waals surface area contributed by atoms with Crippen LogP contribution in [0.2, 0.25) is 0 Å². The summed E-state index contributed by atoms with van der Waals surface area (Å²) in [6.07, 6.45) is 72.1. The van der Waals surface area contributed by atoms with Crippen LogP contribution in [0, 0.1) is 11.8 Å². The maximum atomic E-state index is 13.2. The monoisotopic (exact) mass is 1560 g/mol. The number of rotatable bonds is 87. The van der Waals surface area contributed by atoms with Crippen molar-refractivity contribution in [3.05, 3.63) is 0 Å². The van der Waals surface area contributed by atoms with Crippen molar-refractivity contribution in [1.29, 1.82) is 0 Å². The van der Waals surface area contributed by atoms with Crippen molar-refractivity contribution in [2.45, 2.75) is 490 Å². The lowest BCUT2D eigenvalue weighted by Gasteiger charge is -2.21. The first kappa shape index (κ1) is 105. The Kier molecular flexibility index (Phi) is 77.9. The van der Waals surface area contributed by atoms with Crippen molar-refractivity contribution in [2.75, 3.05) is 39.6 Å². The molecule has 0 bridgehead atoms. The van der Waals surface area contributed by atoms with E-state index in [1.807, 2.05) is 0 Å². The smallest absolute Gasteiger partial charge is 0.462 e. The summed E-state index contributed by atoms with van der Waals surface area (Å²) in [4.78, 5) is 73.3. The minimum atomic E-state index is -4.97. The summed E-state index contributed by atoms with van der Waals surface area (Å²) < 4.78 is 69.0. The normalized spacial score (nSPS) is 14.3. The summed E-state index contributed by atoms with van der Waals surface area (Å²) in [6.45, 7) is 9.75. The summed E-state index contributed by atoms with van der Waals surface area (Å²) in [7, 11) is -9.93. The van der Waals surface area contributed by atoms with E-state index in [0.29, 0.717) is 25.7 Å². The quantitative estimate of drug-likeness (QED) is 0.0222. The number of phosphoric acid groups is 2. The number of esters is 4. The van der Waals surface area contributed by atoms with Gasteiger partial charge in [-0.2, -0.15) is 0 Å².